The molecule has 0 radical (unpaired) electrons. The SMILES string of the molecule is Cc1c(N)cccc1S(=O)CCCc1ccccc1. The smallest absolute Gasteiger partial charge is 0.0533 e. The van der Waals surface area contributed by atoms with E-state index in [1.165, 1.54) is 5.56 Å². The van der Waals surface area contributed by atoms with Gasteiger partial charge in [0.05, 0.1) is 10.8 Å². The Morgan fingerprint density at radius 2 is 1.79 bits per heavy atom. The van der Waals surface area contributed by atoms with Gasteiger partial charge in [0.25, 0.3) is 0 Å². The molecule has 2 rings (SSSR count). The summed E-state index contributed by atoms with van der Waals surface area (Å²) in [6.07, 6.45) is 1.89. The first kappa shape index (κ1) is 13.8. The molecule has 0 heterocycles. The third-order valence-corrected chi connectivity index (χ3v) is 4.80. The molecule has 19 heavy (non-hydrogen) atoms. The molecular formula is C16H19NOS. The lowest BCUT2D eigenvalue weighted by atomic mass is 10.1. The number of nitrogen functional groups attached to an aromatic ring is 1. The summed E-state index contributed by atoms with van der Waals surface area (Å²) in [6, 6.07) is 15.9. The summed E-state index contributed by atoms with van der Waals surface area (Å²) < 4.78 is 12.3. The Balaban J connectivity index is 1.93. The number of anilines is 1. The van der Waals surface area contributed by atoms with E-state index in [1.54, 1.807) is 0 Å². The van der Waals surface area contributed by atoms with Crippen molar-refractivity contribution >= 4 is 16.5 Å². The number of nitrogens with two attached hydrogens (primary N) is 1. The third kappa shape index (κ3) is 3.67. The van der Waals surface area contributed by atoms with Gasteiger partial charge in [0.1, 0.15) is 0 Å². The molecule has 0 saturated heterocycles. The zero-order valence-corrected chi connectivity index (χ0v) is 12.0. The minimum Gasteiger partial charge on any atom is -0.398 e. The molecule has 2 nitrogen and oxygen atoms in total. The first-order chi connectivity index (χ1) is 9.18. The second kappa shape index (κ2) is 6.53. The van der Waals surface area contributed by atoms with Crippen molar-refractivity contribution in [3.63, 3.8) is 0 Å². The molecule has 0 fully saturated rings. The molecule has 0 aliphatic rings. The summed E-state index contributed by atoms with van der Waals surface area (Å²) in [5.74, 6) is 0.680. The van der Waals surface area contributed by atoms with Crippen LogP contribution in [0.15, 0.2) is 53.4 Å². The Morgan fingerprint density at radius 3 is 2.53 bits per heavy atom. The monoisotopic (exact) mass is 273 g/mol. The largest absolute Gasteiger partial charge is 0.398 e. The van der Waals surface area contributed by atoms with Crippen LogP contribution in [0.2, 0.25) is 0 Å². The van der Waals surface area contributed by atoms with E-state index >= 15 is 0 Å². The molecule has 0 aliphatic carbocycles. The van der Waals surface area contributed by atoms with Crippen LogP contribution < -0.4 is 5.73 Å². The van der Waals surface area contributed by atoms with Crippen LogP contribution in [0.4, 0.5) is 5.69 Å². The minimum absolute atomic E-state index is 0.680. The molecule has 2 aromatic rings. The van der Waals surface area contributed by atoms with Gasteiger partial charge in [-0.2, -0.15) is 0 Å². The van der Waals surface area contributed by atoms with Crippen molar-refractivity contribution in [2.24, 2.45) is 0 Å². The van der Waals surface area contributed by atoms with Gasteiger partial charge >= 0.3 is 0 Å². The van der Waals surface area contributed by atoms with Crippen molar-refractivity contribution < 1.29 is 4.21 Å². The Hall–Kier alpha value is -1.61. The van der Waals surface area contributed by atoms with Gasteiger partial charge in [0, 0.05) is 16.3 Å². The second-order valence-corrected chi connectivity index (χ2v) is 6.15. The fourth-order valence-electron chi connectivity index (χ4n) is 2.04. The molecule has 1 atom stereocenters. The van der Waals surface area contributed by atoms with E-state index in [-0.39, 0.29) is 0 Å². The number of rotatable bonds is 5. The molecule has 100 valence electrons. The predicted molar refractivity (Wildman–Crippen MR) is 81.6 cm³/mol. The molecule has 0 spiro atoms. The Morgan fingerprint density at radius 1 is 1.05 bits per heavy atom. The van der Waals surface area contributed by atoms with Crippen LogP contribution in [0.3, 0.4) is 0 Å². The lowest BCUT2D eigenvalue weighted by Gasteiger charge is -2.08. The van der Waals surface area contributed by atoms with E-state index in [0.717, 1.165) is 23.3 Å². The summed E-state index contributed by atoms with van der Waals surface area (Å²) in [4.78, 5) is 0.869. The van der Waals surface area contributed by atoms with Crippen molar-refractivity contribution in [3.8, 4) is 0 Å². The van der Waals surface area contributed by atoms with Crippen molar-refractivity contribution in [1.29, 1.82) is 0 Å². The number of aryl methyl sites for hydroxylation is 1. The lowest BCUT2D eigenvalue weighted by Crippen LogP contribution is -2.03. The number of hydrogen-bond donors (Lipinski definition) is 1. The van der Waals surface area contributed by atoms with Gasteiger partial charge in [-0.1, -0.05) is 36.4 Å². The first-order valence-electron chi connectivity index (χ1n) is 6.46. The minimum atomic E-state index is -0.959. The molecule has 2 N–H and O–H groups in total. The fraction of sp³-hybridized carbons (Fsp3) is 0.250. The van der Waals surface area contributed by atoms with Gasteiger partial charge in [-0.25, -0.2) is 0 Å². The molecule has 2 aromatic carbocycles. The molecule has 1 unspecified atom stereocenters. The second-order valence-electron chi connectivity index (χ2n) is 4.61. The van der Waals surface area contributed by atoms with Gasteiger partial charge in [0.2, 0.25) is 0 Å². The van der Waals surface area contributed by atoms with Gasteiger partial charge in [-0.05, 0) is 43.0 Å². The molecule has 3 heteroatoms. The van der Waals surface area contributed by atoms with Crippen molar-refractivity contribution in [3.05, 3.63) is 59.7 Å². The molecule has 0 bridgehead atoms. The standard InChI is InChI=1S/C16H19NOS/c1-13-15(17)10-5-11-16(13)19(18)12-6-9-14-7-3-2-4-8-14/h2-5,7-8,10-11H,6,9,12,17H2,1H3. The quantitative estimate of drug-likeness (QED) is 0.849. The van der Waals surface area contributed by atoms with Crippen LogP contribution >= 0.6 is 0 Å². The average molecular weight is 273 g/mol. The first-order valence-corrected chi connectivity index (χ1v) is 7.78. The van der Waals surface area contributed by atoms with Crippen molar-refractivity contribution in [2.45, 2.75) is 24.7 Å². The molecular weight excluding hydrogens is 254 g/mol. The maximum Gasteiger partial charge on any atom is 0.0533 e. The highest BCUT2D eigenvalue weighted by Gasteiger charge is 2.08. The molecule has 0 amide bonds. The Labute approximate surface area is 117 Å². The highest BCUT2D eigenvalue weighted by Crippen LogP contribution is 2.19. The normalized spacial score (nSPS) is 12.3. The zero-order valence-electron chi connectivity index (χ0n) is 11.1. The zero-order chi connectivity index (χ0) is 13.7. The van der Waals surface area contributed by atoms with E-state index in [4.69, 9.17) is 5.73 Å². The topological polar surface area (TPSA) is 43.1 Å². The Bertz CT molecular complexity index is 566. The van der Waals surface area contributed by atoms with E-state index in [2.05, 4.69) is 12.1 Å². The number of hydrogen-bond acceptors (Lipinski definition) is 2. The van der Waals surface area contributed by atoms with Crippen LogP contribution in [0, 0.1) is 6.92 Å². The van der Waals surface area contributed by atoms with E-state index < -0.39 is 10.8 Å². The molecule has 0 aliphatic heterocycles. The van der Waals surface area contributed by atoms with Crippen LogP contribution in [-0.2, 0) is 17.2 Å². The summed E-state index contributed by atoms with van der Waals surface area (Å²) >= 11 is 0. The highest BCUT2D eigenvalue weighted by atomic mass is 32.2. The Kier molecular flexibility index (Phi) is 4.74. The average Bonchev–Trinajstić information content (AvgIpc) is 2.43. The van der Waals surface area contributed by atoms with Gasteiger partial charge < -0.3 is 5.73 Å². The van der Waals surface area contributed by atoms with Gasteiger partial charge in [0.15, 0.2) is 0 Å². The van der Waals surface area contributed by atoms with E-state index in [1.807, 2.05) is 43.3 Å². The van der Waals surface area contributed by atoms with Crippen molar-refractivity contribution in [2.75, 3.05) is 11.5 Å². The number of benzene rings is 2. The van der Waals surface area contributed by atoms with Crippen LogP contribution in [0.5, 0.6) is 0 Å². The summed E-state index contributed by atoms with van der Waals surface area (Å²) in [5, 5.41) is 0. The van der Waals surface area contributed by atoms with Crippen LogP contribution in [0.25, 0.3) is 0 Å². The third-order valence-electron chi connectivity index (χ3n) is 3.21. The predicted octanol–water partition coefficient (Wildman–Crippen LogP) is 3.32. The maximum absolute atomic E-state index is 12.3. The summed E-state index contributed by atoms with van der Waals surface area (Å²) in [5.41, 5.74) is 8.80. The maximum atomic E-state index is 12.3. The summed E-state index contributed by atoms with van der Waals surface area (Å²) in [6.45, 7) is 1.93. The highest BCUT2D eigenvalue weighted by molar-refractivity contribution is 7.85. The van der Waals surface area contributed by atoms with Gasteiger partial charge in [-0.3, -0.25) is 4.21 Å². The summed E-state index contributed by atoms with van der Waals surface area (Å²) in [7, 11) is -0.959. The van der Waals surface area contributed by atoms with Gasteiger partial charge in [-0.15, -0.1) is 0 Å². The molecule has 0 saturated carbocycles. The fourth-order valence-corrected chi connectivity index (χ4v) is 3.36. The lowest BCUT2D eigenvalue weighted by molar-refractivity contribution is 0.680. The van der Waals surface area contributed by atoms with Crippen molar-refractivity contribution in [1.82, 2.24) is 0 Å². The molecule has 0 aromatic heterocycles. The van der Waals surface area contributed by atoms with E-state index in [0.29, 0.717) is 11.4 Å². The van der Waals surface area contributed by atoms with Crippen LogP contribution in [0.1, 0.15) is 17.5 Å². The van der Waals surface area contributed by atoms with Crippen LogP contribution in [-0.4, -0.2) is 9.96 Å². The van der Waals surface area contributed by atoms with E-state index in [9.17, 15) is 4.21 Å².